The lowest BCUT2D eigenvalue weighted by Gasteiger charge is -2.34. The molecule has 1 heterocycles. The van der Waals surface area contributed by atoms with E-state index in [0.717, 1.165) is 30.5 Å². The van der Waals surface area contributed by atoms with Crippen molar-refractivity contribution in [3.63, 3.8) is 0 Å². The van der Waals surface area contributed by atoms with Gasteiger partial charge in [0.1, 0.15) is 0 Å². The quantitative estimate of drug-likeness (QED) is 0.916. The van der Waals surface area contributed by atoms with Crippen LogP contribution in [0.15, 0.2) is 23.1 Å². The molecule has 6 heteroatoms. The fourth-order valence-corrected chi connectivity index (χ4v) is 4.62. The molecule has 1 fully saturated rings. The molecule has 1 aliphatic rings. The van der Waals surface area contributed by atoms with Crippen molar-refractivity contribution in [3.8, 4) is 0 Å². The summed E-state index contributed by atoms with van der Waals surface area (Å²) < 4.78 is 27.4. The molecular weight excluding hydrogens is 286 g/mol. The summed E-state index contributed by atoms with van der Waals surface area (Å²) in [4.78, 5) is 2.29. The predicted molar refractivity (Wildman–Crippen MR) is 86.1 cm³/mol. The molecular formula is C15H25N3O2S. The van der Waals surface area contributed by atoms with Crippen LogP contribution < -0.4 is 10.6 Å². The Bertz CT molecular complexity index is 599. The molecule has 0 saturated carbocycles. The molecule has 2 N–H and O–H groups in total. The highest BCUT2D eigenvalue weighted by molar-refractivity contribution is 7.89. The summed E-state index contributed by atoms with van der Waals surface area (Å²) in [6.45, 7) is 2.93. The van der Waals surface area contributed by atoms with Gasteiger partial charge in [0.05, 0.1) is 4.90 Å². The molecule has 21 heavy (non-hydrogen) atoms. The Morgan fingerprint density at radius 3 is 2.67 bits per heavy atom. The standard InChI is InChI=1S/C15H25N3O2S/c1-12-7-8-14(10-15(12)17(2)3)21(19,20)18-9-5-4-6-13(18)11-16/h7-8,10,13H,4-6,9,11,16H2,1-3H3. The zero-order valence-electron chi connectivity index (χ0n) is 13.0. The van der Waals surface area contributed by atoms with Crippen molar-refractivity contribution in [2.24, 2.45) is 5.73 Å². The highest BCUT2D eigenvalue weighted by Crippen LogP contribution is 2.28. The van der Waals surface area contributed by atoms with Crippen LogP contribution in [0.1, 0.15) is 24.8 Å². The van der Waals surface area contributed by atoms with E-state index in [1.165, 1.54) is 0 Å². The highest BCUT2D eigenvalue weighted by Gasteiger charge is 2.32. The fourth-order valence-electron chi connectivity index (χ4n) is 2.89. The molecule has 5 nitrogen and oxygen atoms in total. The van der Waals surface area contributed by atoms with E-state index in [1.54, 1.807) is 16.4 Å². The maximum atomic E-state index is 12.9. The Labute approximate surface area is 127 Å². The molecule has 118 valence electrons. The molecule has 0 aliphatic carbocycles. The number of nitrogens with two attached hydrogens (primary N) is 1. The Balaban J connectivity index is 2.41. The van der Waals surface area contributed by atoms with Gasteiger partial charge in [-0.15, -0.1) is 0 Å². The van der Waals surface area contributed by atoms with Gasteiger partial charge in [-0.05, 0) is 37.5 Å². The van der Waals surface area contributed by atoms with E-state index in [9.17, 15) is 8.42 Å². The van der Waals surface area contributed by atoms with E-state index in [-0.39, 0.29) is 6.04 Å². The van der Waals surface area contributed by atoms with Crippen LogP contribution in [0.5, 0.6) is 0 Å². The van der Waals surface area contributed by atoms with Crippen molar-refractivity contribution in [2.45, 2.75) is 37.1 Å². The Kier molecular flexibility index (Phi) is 4.91. The second-order valence-corrected chi connectivity index (χ2v) is 7.73. The zero-order chi connectivity index (χ0) is 15.6. The number of aryl methyl sites for hydroxylation is 1. The molecule has 1 aliphatic heterocycles. The third kappa shape index (κ3) is 3.22. The van der Waals surface area contributed by atoms with Crippen LogP contribution in [-0.2, 0) is 10.0 Å². The van der Waals surface area contributed by atoms with Crippen LogP contribution >= 0.6 is 0 Å². The monoisotopic (exact) mass is 311 g/mol. The Morgan fingerprint density at radius 2 is 2.05 bits per heavy atom. The number of hydrogen-bond donors (Lipinski definition) is 1. The lowest BCUT2D eigenvalue weighted by atomic mass is 10.1. The summed E-state index contributed by atoms with van der Waals surface area (Å²) >= 11 is 0. The van der Waals surface area contributed by atoms with Gasteiger partial charge < -0.3 is 10.6 Å². The van der Waals surface area contributed by atoms with E-state index >= 15 is 0 Å². The molecule has 1 saturated heterocycles. The molecule has 0 radical (unpaired) electrons. The van der Waals surface area contributed by atoms with E-state index < -0.39 is 10.0 Å². The van der Waals surface area contributed by atoms with Gasteiger partial charge in [0, 0.05) is 38.9 Å². The first-order valence-electron chi connectivity index (χ1n) is 7.38. The van der Waals surface area contributed by atoms with Crippen molar-refractivity contribution in [1.29, 1.82) is 0 Å². The Morgan fingerprint density at radius 1 is 1.33 bits per heavy atom. The van der Waals surface area contributed by atoms with Crippen molar-refractivity contribution in [1.82, 2.24) is 4.31 Å². The van der Waals surface area contributed by atoms with Gasteiger partial charge in [-0.2, -0.15) is 4.31 Å². The lowest BCUT2D eigenvalue weighted by Crippen LogP contribution is -2.47. The molecule has 1 atom stereocenters. The van der Waals surface area contributed by atoms with Gasteiger partial charge in [0.25, 0.3) is 0 Å². The minimum absolute atomic E-state index is 0.0761. The largest absolute Gasteiger partial charge is 0.377 e. The summed E-state index contributed by atoms with van der Waals surface area (Å²) in [5, 5.41) is 0. The van der Waals surface area contributed by atoms with Crippen LogP contribution in [0.2, 0.25) is 0 Å². The number of benzene rings is 1. The van der Waals surface area contributed by atoms with Gasteiger partial charge >= 0.3 is 0 Å². The smallest absolute Gasteiger partial charge is 0.243 e. The predicted octanol–water partition coefficient (Wildman–Crippen LogP) is 1.56. The first kappa shape index (κ1) is 16.3. The summed E-state index contributed by atoms with van der Waals surface area (Å²) in [5.41, 5.74) is 7.75. The van der Waals surface area contributed by atoms with Crippen LogP contribution in [0.3, 0.4) is 0 Å². The SMILES string of the molecule is Cc1ccc(S(=O)(=O)N2CCCCC2CN)cc1N(C)C. The summed E-state index contributed by atoms with van der Waals surface area (Å²) in [5.74, 6) is 0. The topological polar surface area (TPSA) is 66.6 Å². The van der Waals surface area contributed by atoms with Gasteiger partial charge in [0.2, 0.25) is 10.0 Å². The second-order valence-electron chi connectivity index (χ2n) is 5.84. The van der Waals surface area contributed by atoms with Gasteiger partial charge in [-0.3, -0.25) is 0 Å². The van der Waals surface area contributed by atoms with Crippen molar-refractivity contribution in [2.75, 3.05) is 32.1 Å². The van der Waals surface area contributed by atoms with Crippen molar-refractivity contribution < 1.29 is 8.42 Å². The highest BCUT2D eigenvalue weighted by atomic mass is 32.2. The molecule has 1 unspecified atom stereocenters. The molecule has 1 aromatic rings. The third-order valence-corrected chi connectivity index (χ3v) is 6.06. The normalized spacial score (nSPS) is 20.5. The molecule has 1 aromatic carbocycles. The van der Waals surface area contributed by atoms with E-state index in [1.807, 2.05) is 32.0 Å². The molecule has 0 amide bonds. The fraction of sp³-hybridized carbons (Fsp3) is 0.600. The number of piperidine rings is 1. The van der Waals surface area contributed by atoms with E-state index in [2.05, 4.69) is 0 Å². The van der Waals surface area contributed by atoms with E-state index in [0.29, 0.717) is 18.0 Å². The summed E-state index contributed by atoms with van der Waals surface area (Å²) in [7, 11) is 0.369. The maximum Gasteiger partial charge on any atom is 0.243 e. The number of rotatable bonds is 4. The van der Waals surface area contributed by atoms with Crippen LogP contribution in [0.25, 0.3) is 0 Å². The minimum Gasteiger partial charge on any atom is -0.377 e. The van der Waals surface area contributed by atoms with Crippen molar-refractivity contribution >= 4 is 15.7 Å². The average Bonchev–Trinajstić information content (AvgIpc) is 2.47. The zero-order valence-corrected chi connectivity index (χ0v) is 13.9. The molecule has 2 rings (SSSR count). The summed E-state index contributed by atoms with van der Waals surface area (Å²) in [6.07, 6.45) is 2.80. The van der Waals surface area contributed by atoms with Gasteiger partial charge in [0.15, 0.2) is 0 Å². The number of nitrogens with zero attached hydrogens (tertiary/aromatic N) is 2. The maximum absolute atomic E-state index is 12.9. The first-order chi connectivity index (χ1) is 9.87. The average molecular weight is 311 g/mol. The number of hydrogen-bond acceptors (Lipinski definition) is 4. The van der Waals surface area contributed by atoms with E-state index in [4.69, 9.17) is 5.73 Å². The second kappa shape index (κ2) is 6.34. The molecule has 0 spiro atoms. The number of sulfonamides is 1. The molecule has 0 aromatic heterocycles. The van der Waals surface area contributed by atoms with Crippen LogP contribution in [0.4, 0.5) is 5.69 Å². The van der Waals surface area contributed by atoms with Crippen LogP contribution in [-0.4, -0.2) is 45.9 Å². The molecule has 0 bridgehead atoms. The first-order valence-corrected chi connectivity index (χ1v) is 8.82. The number of anilines is 1. The van der Waals surface area contributed by atoms with Gasteiger partial charge in [-0.25, -0.2) is 8.42 Å². The Hall–Kier alpha value is -1.11. The van der Waals surface area contributed by atoms with Gasteiger partial charge in [-0.1, -0.05) is 12.5 Å². The lowest BCUT2D eigenvalue weighted by molar-refractivity contribution is 0.257. The van der Waals surface area contributed by atoms with Crippen LogP contribution in [0, 0.1) is 6.92 Å². The third-order valence-electron chi connectivity index (χ3n) is 4.11. The summed E-state index contributed by atoms with van der Waals surface area (Å²) in [6, 6.07) is 5.24. The van der Waals surface area contributed by atoms with Crippen molar-refractivity contribution in [3.05, 3.63) is 23.8 Å². The minimum atomic E-state index is -3.47.